The van der Waals surface area contributed by atoms with Crippen LogP contribution in [0.5, 0.6) is 0 Å². The number of hydrogen-bond donors (Lipinski definition) is 2. The summed E-state index contributed by atoms with van der Waals surface area (Å²) in [6, 6.07) is 15.7. The minimum absolute atomic E-state index is 0.00442. The first kappa shape index (κ1) is 21.3. The summed E-state index contributed by atoms with van der Waals surface area (Å²) >= 11 is 5.93. The predicted octanol–water partition coefficient (Wildman–Crippen LogP) is 4.61. The van der Waals surface area contributed by atoms with Gasteiger partial charge in [-0.3, -0.25) is 19.6 Å². The van der Waals surface area contributed by atoms with Gasteiger partial charge in [-0.25, -0.2) is 8.42 Å². The van der Waals surface area contributed by atoms with E-state index >= 15 is 0 Å². The van der Waals surface area contributed by atoms with Crippen LogP contribution in [0.1, 0.15) is 15.9 Å². The first-order chi connectivity index (χ1) is 14.2. The third-order valence-corrected chi connectivity index (χ3v) is 5.80. The van der Waals surface area contributed by atoms with Gasteiger partial charge in [-0.05, 0) is 55.0 Å². The minimum Gasteiger partial charge on any atom is -0.322 e. The molecule has 0 aliphatic carbocycles. The highest BCUT2D eigenvalue weighted by molar-refractivity contribution is 7.92. The molecule has 0 saturated carbocycles. The molecule has 0 atom stereocenters. The number of anilines is 2. The summed E-state index contributed by atoms with van der Waals surface area (Å²) in [5.41, 5.74) is 1.32. The van der Waals surface area contributed by atoms with Crippen LogP contribution in [0.3, 0.4) is 0 Å². The van der Waals surface area contributed by atoms with Crippen molar-refractivity contribution in [1.82, 2.24) is 0 Å². The summed E-state index contributed by atoms with van der Waals surface area (Å²) in [5.74, 6) is -0.554. The first-order valence-electron chi connectivity index (χ1n) is 8.60. The lowest BCUT2D eigenvalue weighted by molar-refractivity contribution is -0.384. The van der Waals surface area contributed by atoms with Crippen molar-refractivity contribution in [2.24, 2.45) is 0 Å². The molecule has 3 aromatic carbocycles. The molecule has 3 aromatic rings. The number of rotatable bonds is 6. The normalized spacial score (nSPS) is 11.0. The van der Waals surface area contributed by atoms with E-state index in [1.807, 2.05) is 0 Å². The highest BCUT2D eigenvalue weighted by atomic mass is 35.5. The SMILES string of the molecule is Cc1ccc(Cl)cc1NS(=O)(=O)c1ccc(NC(=O)c2cccc([N+](=O)[O-])c2)cc1. The molecule has 30 heavy (non-hydrogen) atoms. The molecule has 0 fully saturated rings. The Morgan fingerprint density at radius 3 is 2.40 bits per heavy atom. The van der Waals surface area contributed by atoms with Crippen LogP contribution in [0.15, 0.2) is 71.6 Å². The molecular formula is C20H16ClN3O5S. The van der Waals surface area contributed by atoms with Gasteiger partial charge in [0.1, 0.15) is 0 Å². The molecule has 3 rings (SSSR count). The fraction of sp³-hybridized carbons (Fsp3) is 0.0500. The van der Waals surface area contributed by atoms with Crippen LogP contribution in [0.25, 0.3) is 0 Å². The fourth-order valence-electron chi connectivity index (χ4n) is 2.59. The maximum absolute atomic E-state index is 12.6. The molecule has 0 aromatic heterocycles. The van der Waals surface area contributed by atoms with E-state index < -0.39 is 20.9 Å². The van der Waals surface area contributed by atoms with Crippen LogP contribution in [0.2, 0.25) is 5.02 Å². The smallest absolute Gasteiger partial charge is 0.270 e. The Morgan fingerprint density at radius 2 is 1.73 bits per heavy atom. The Kier molecular flexibility index (Phi) is 6.04. The lowest BCUT2D eigenvalue weighted by atomic mass is 10.2. The van der Waals surface area contributed by atoms with Gasteiger partial charge in [-0.1, -0.05) is 23.7 Å². The van der Waals surface area contributed by atoms with Crippen LogP contribution < -0.4 is 10.0 Å². The Hall–Kier alpha value is -3.43. The average molecular weight is 446 g/mol. The van der Waals surface area contributed by atoms with Crippen molar-refractivity contribution in [3.8, 4) is 0 Å². The molecular weight excluding hydrogens is 430 g/mol. The lowest BCUT2D eigenvalue weighted by Crippen LogP contribution is -2.15. The molecule has 2 N–H and O–H groups in total. The average Bonchev–Trinajstić information content (AvgIpc) is 2.71. The molecule has 0 unspecified atom stereocenters. The summed E-state index contributed by atoms with van der Waals surface area (Å²) in [6.07, 6.45) is 0. The van der Waals surface area contributed by atoms with Gasteiger partial charge < -0.3 is 5.32 Å². The Morgan fingerprint density at radius 1 is 1.03 bits per heavy atom. The monoisotopic (exact) mass is 445 g/mol. The molecule has 1 amide bonds. The van der Waals surface area contributed by atoms with Crippen molar-refractivity contribution >= 4 is 44.6 Å². The van der Waals surface area contributed by atoms with E-state index in [0.717, 1.165) is 6.07 Å². The van der Waals surface area contributed by atoms with Gasteiger partial charge in [-0.2, -0.15) is 0 Å². The molecule has 8 nitrogen and oxygen atoms in total. The standard InChI is InChI=1S/C20H16ClN3O5S/c1-13-5-6-15(21)12-19(13)23-30(28,29)18-9-7-16(8-10-18)22-20(25)14-3-2-4-17(11-14)24(26)27/h2-12,23H,1H3,(H,22,25). The quantitative estimate of drug-likeness (QED) is 0.424. The second-order valence-electron chi connectivity index (χ2n) is 6.35. The zero-order chi connectivity index (χ0) is 21.9. The number of hydrogen-bond acceptors (Lipinski definition) is 5. The number of carbonyl (C=O) groups is 1. The number of aryl methyl sites for hydroxylation is 1. The van der Waals surface area contributed by atoms with Crippen molar-refractivity contribution in [2.45, 2.75) is 11.8 Å². The maximum atomic E-state index is 12.6. The zero-order valence-electron chi connectivity index (χ0n) is 15.6. The molecule has 0 aliphatic heterocycles. The molecule has 154 valence electrons. The van der Waals surface area contributed by atoms with Crippen molar-refractivity contribution in [2.75, 3.05) is 10.0 Å². The Labute approximate surface area is 177 Å². The fourth-order valence-corrected chi connectivity index (χ4v) is 3.88. The largest absolute Gasteiger partial charge is 0.322 e. The van der Waals surface area contributed by atoms with E-state index in [0.29, 0.717) is 22.0 Å². The number of carbonyl (C=O) groups excluding carboxylic acids is 1. The lowest BCUT2D eigenvalue weighted by Gasteiger charge is -2.12. The van der Waals surface area contributed by atoms with Gasteiger partial charge in [0.25, 0.3) is 21.6 Å². The maximum Gasteiger partial charge on any atom is 0.270 e. The number of benzene rings is 3. The van der Waals surface area contributed by atoms with E-state index in [9.17, 15) is 23.3 Å². The van der Waals surface area contributed by atoms with Gasteiger partial charge in [-0.15, -0.1) is 0 Å². The number of nitrogens with zero attached hydrogens (tertiary/aromatic N) is 1. The first-order valence-corrected chi connectivity index (χ1v) is 10.5. The van der Waals surface area contributed by atoms with Gasteiger partial charge in [0.15, 0.2) is 0 Å². The number of amides is 1. The van der Waals surface area contributed by atoms with Gasteiger partial charge in [0.2, 0.25) is 0 Å². The van der Waals surface area contributed by atoms with Crippen molar-refractivity contribution in [3.63, 3.8) is 0 Å². The van der Waals surface area contributed by atoms with Crippen molar-refractivity contribution in [1.29, 1.82) is 0 Å². The molecule has 0 radical (unpaired) electrons. The van der Waals surface area contributed by atoms with Crippen molar-refractivity contribution < 1.29 is 18.1 Å². The zero-order valence-corrected chi connectivity index (χ0v) is 17.2. The molecule has 10 heteroatoms. The van der Waals surface area contributed by atoms with E-state index in [2.05, 4.69) is 10.0 Å². The molecule has 0 aliphatic rings. The Balaban J connectivity index is 1.75. The number of nitro benzene ring substituents is 1. The van der Waals surface area contributed by atoms with Gasteiger partial charge >= 0.3 is 0 Å². The van der Waals surface area contributed by atoms with Gasteiger partial charge in [0.05, 0.1) is 15.5 Å². The summed E-state index contributed by atoms with van der Waals surface area (Å²) in [4.78, 5) is 22.5. The molecule has 0 spiro atoms. The summed E-state index contributed by atoms with van der Waals surface area (Å²) in [5, 5.41) is 13.8. The van der Waals surface area contributed by atoms with E-state index in [4.69, 9.17) is 11.6 Å². The third kappa shape index (κ3) is 4.94. The molecule has 0 saturated heterocycles. The number of nitro groups is 1. The predicted molar refractivity (Wildman–Crippen MR) is 114 cm³/mol. The minimum atomic E-state index is -3.86. The summed E-state index contributed by atoms with van der Waals surface area (Å²) < 4.78 is 27.7. The number of sulfonamides is 1. The highest BCUT2D eigenvalue weighted by Gasteiger charge is 2.16. The Bertz CT molecular complexity index is 1230. The van der Waals surface area contributed by atoms with Crippen LogP contribution in [-0.2, 0) is 10.0 Å². The second-order valence-corrected chi connectivity index (χ2v) is 8.47. The topological polar surface area (TPSA) is 118 Å². The molecule has 0 bridgehead atoms. The van der Waals surface area contributed by atoms with E-state index in [1.165, 1.54) is 48.5 Å². The van der Waals surface area contributed by atoms with Crippen LogP contribution >= 0.6 is 11.6 Å². The third-order valence-electron chi connectivity index (χ3n) is 4.19. The number of nitrogens with one attached hydrogen (secondary N) is 2. The summed E-state index contributed by atoms with van der Waals surface area (Å²) in [7, 11) is -3.86. The van der Waals surface area contributed by atoms with Crippen LogP contribution in [0, 0.1) is 17.0 Å². The highest BCUT2D eigenvalue weighted by Crippen LogP contribution is 2.24. The summed E-state index contributed by atoms with van der Waals surface area (Å²) in [6.45, 7) is 1.75. The number of halogens is 1. The van der Waals surface area contributed by atoms with E-state index in [1.54, 1.807) is 19.1 Å². The second kappa shape index (κ2) is 8.52. The van der Waals surface area contributed by atoms with Crippen LogP contribution in [-0.4, -0.2) is 19.2 Å². The number of non-ortho nitro benzene ring substituents is 1. The van der Waals surface area contributed by atoms with Gasteiger partial charge in [0, 0.05) is 28.4 Å². The van der Waals surface area contributed by atoms with Crippen molar-refractivity contribution in [3.05, 3.63) is 93.0 Å². The van der Waals surface area contributed by atoms with Crippen LogP contribution in [0.4, 0.5) is 17.1 Å². The van der Waals surface area contributed by atoms with E-state index in [-0.39, 0.29) is 16.1 Å². The molecule has 0 heterocycles.